The normalized spacial score (nSPS) is 15.0. The van der Waals surface area contributed by atoms with Gasteiger partial charge >= 0.3 is 0 Å². The van der Waals surface area contributed by atoms with Crippen molar-refractivity contribution in [3.8, 4) is 0 Å². The first-order valence-electron chi connectivity index (χ1n) is 7.41. The van der Waals surface area contributed by atoms with E-state index in [1.54, 1.807) is 0 Å². The van der Waals surface area contributed by atoms with Crippen molar-refractivity contribution < 1.29 is 0 Å². The molecule has 0 bridgehead atoms. The minimum Gasteiger partial charge on any atom is -0.294 e. The van der Waals surface area contributed by atoms with Gasteiger partial charge in [-0.15, -0.1) is 0 Å². The average Bonchev–Trinajstić information content (AvgIpc) is 2.50. The third-order valence-corrected chi connectivity index (χ3v) is 4.48. The molecule has 0 unspecified atom stereocenters. The standard InChI is InChI=1S/C16H19BrN4/c1-2-4-15-19-9-13-11-21(8-6-14(13)20-15)10-12-5-3-7-18-16(12)17/h3,5,7,9H,2,4,6,8,10-11H2,1H3. The number of hydrogen-bond acceptors (Lipinski definition) is 4. The molecule has 3 rings (SSSR count). The predicted molar refractivity (Wildman–Crippen MR) is 85.8 cm³/mol. The fourth-order valence-electron chi connectivity index (χ4n) is 2.67. The molecule has 0 aliphatic carbocycles. The molecular weight excluding hydrogens is 328 g/mol. The molecule has 0 aromatic carbocycles. The largest absolute Gasteiger partial charge is 0.294 e. The van der Waals surface area contributed by atoms with Gasteiger partial charge in [0.2, 0.25) is 0 Å². The predicted octanol–water partition coefficient (Wildman–Crippen LogP) is 3.14. The molecule has 0 N–H and O–H groups in total. The second kappa shape index (κ2) is 6.62. The van der Waals surface area contributed by atoms with E-state index >= 15 is 0 Å². The van der Waals surface area contributed by atoms with Crippen LogP contribution in [0.25, 0.3) is 0 Å². The minimum absolute atomic E-state index is 0.907. The van der Waals surface area contributed by atoms with E-state index in [9.17, 15) is 0 Å². The number of halogens is 1. The van der Waals surface area contributed by atoms with Crippen LogP contribution in [0.1, 0.15) is 36.0 Å². The molecule has 0 saturated heterocycles. The van der Waals surface area contributed by atoms with Gasteiger partial charge in [-0.2, -0.15) is 0 Å². The summed E-state index contributed by atoms with van der Waals surface area (Å²) in [6.45, 7) is 5.03. The molecular formula is C16H19BrN4. The van der Waals surface area contributed by atoms with Gasteiger partial charge in [-0.05, 0) is 34.0 Å². The van der Waals surface area contributed by atoms with Crippen LogP contribution in [0.5, 0.6) is 0 Å². The van der Waals surface area contributed by atoms with Crippen molar-refractivity contribution in [1.29, 1.82) is 0 Å². The van der Waals surface area contributed by atoms with Gasteiger partial charge in [0, 0.05) is 56.1 Å². The number of aryl methyl sites for hydroxylation is 1. The second-order valence-electron chi connectivity index (χ2n) is 5.42. The summed E-state index contributed by atoms with van der Waals surface area (Å²) in [5, 5.41) is 0. The molecule has 2 aromatic rings. The molecule has 0 spiro atoms. The summed E-state index contributed by atoms with van der Waals surface area (Å²) in [7, 11) is 0. The zero-order valence-corrected chi connectivity index (χ0v) is 13.8. The number of nitrogens with zero attached hydrogens (tertiary/aromatic N) is 4. The third-order valence-electron chi connectivity index (χ3n) is 3.77. The Labute approximate surface area is 133 Å². The van der Waals surface area contributed by atoms with E-state index in [4.69, 9.17) is 4.98 Å². The van der Waals surface area contributed by atoms with E-state index in [0.717, 1.165) is 49.3 Å². The highest BCUT2D eigenvalue weighted by Gasteiger charge is 2.19. The SMILES string of the molecule is CCCc1ncc2c(n1)CCN(Cc1cccnc1Br)C2. The number of pyridine rings is 1. The third kappa shape index (κ3) is 3.47. The number of hydrogen-bond donors (Lipinski definition) is 0. The Hall–Kier alpha value is -1.33. The quantitative estimate of drug-likeness (QED) is 0.797. The van der Waals surface area contributed by atoms with Gasteiger partial charge in [0.25, 0.3) is 0 Å². The lowest BCUT2D eigenvalue weighted by Crippen LogP contribution is -2.31. The topological polar surface area (TPSA) is 41.9 Å². The first kappa shape index (κ1) is 14.6. The Balaban J connectivity index is 1.71. The molecule has 0 atom stereocenters. The molecule has 2 aromatic heterocycles. The lowest BCUT2D eigenvalue weighted by Gasteiger charge is -2.28. The van der Waals surface area contributed by atoms with E-state index in [0.29, 0.717) is 0 Å². The van der Waals surface area contributed by atoms with Crippen LogP contribution in [0.2, 0.25) is 0 Å². The van der Waals surface area contributed by atoms with Gasteiger partial charge < -0.3 is 0 Å². The zero-order valence-electron chi connectivity index (χ0n) is 12.2. The van der Waals surface area contributed by atoms with E-state index in [1.807, 2.05) is 18.5 Å². The van der Waals surface area contributed by atoms with Gasteiger partial charge in [-0.3, -0.25) is 4.90 Å². The summed E-state index contributed by atoms with van der Waals surface area (Å²) in [4.78, 5) is 15.9. The Kier molecular flexibility index (Phi) is 4.60. The van der Waals surface area contributed by atoms with Crippen LogP contribution in [-0.4, -0.2) is 26.4 Å². The zero-order chi connectivity index (χ0) is 14.7. The molecule has 21 heavy (non-hydrogen) atoms. The van der Waals surface area contributed by atoms with E-state index in [-0.39, 0.29) is 0 Å². The fraction of sp³-hybridized carbons (Fsp3) is 0.438. The van der Waals surface area contributed by atoms with Gasteiger partial charge in [0.05, 0.1) is 0 Å². The number of fused-ring (bicyclic) bond motifs is 1. The van der Waals surface area contributed by atoms with E-state index < -0.39 is 0 Å². The summed E-state index contributed by atoms with van der Waals surface area (Å²) in [5.74, 6) is 0.986. The molecule has 1 aliphatic rings. The van der Waals surface area contributed by atoms with Crippen LogP contribution in [0.4, 0.5) is 0 Å². The lowest BCUT2D eigenvalue weighted by atomic mass is 10.1. The average molecular weight is 347 g/mol. The number of aromatic nitrogens is 3. The first-order chi connectivity index (χ1) is 10.3. The van der Waals surface area contributed by atoms with Gasteiger partial charge in [0.15, 0.2) is 0 Å². The summed E-state index contributed by atoms with van der Waals surface area (Å²) >= 11 is 3.52. The van der Waals surface area contributed by atoms with Crippen molar-refractivity contribution in [3.05, 3.63) is 51.8 Å². The molecule has 5 heteroatoms. The van der Waals surface area contributed by atoms with E-state index in [2.05, 4.69) is 43.8 Å². The minimum atomic E-state index is 0.907. The summed E-state index contributed by atoms with van der Waals surface area (Å²) < 4.78 is 0.936. The molecule has 4 nitrogen and oxygen atoms in total. The first-order valence-corrected chi connectivity index (χ1v) is 8.21. The highest BCUT2D eigenvalue weighted by Crippen LogP contribution is 2.21. The smallest absolute Gasteiger partial charge is 0.128 e. The molecule has 0 radical (unpaired) electrons. The molecule has 0 saturated carbocycles. The van der Waals surface area contributed by atoms with E-state index in [1.165, 1.54) is 16.8 Å². The Bertz CT molecular complexity index is 629. The second-order valence-corrected chi connectivity index (χ2v) is 6.17. The van der Waals surface area contributed by atoms with Crippen LogP contribution < -0.4 is 0 Å². The van der Waals surface area contributed by atoms with Crippen LogP contribution >= 0.6 is 15.9 Å². The van der Waals surface area contributed by atoms with Crippen molar-refractivity contribution in [2.75, 3.05) is 6.54 Å². The maximum Gasteiger partial charge on any atom is 0.128 e. The molecule has 0 amide bonds. The molecule has 0 fully saturated rings. The van der Waals surface area contributed by atoms with Gasteiger partial charge in [0.1, 0.15) is 10.4 Å². The molecule has 1 aliphatic heterocycles. The molecule has 110 valence electrons. The van der Waals surface area contributed by atoms with Crippen molar-refractivity contribution in [3.63, 3.8) is 0 Å². The Morgan fingerprint density at radius 2 is 2.24 bits per heavy atom. The van der Waals surface area contributed by atoms with Gasteiger partial charge in [-0.1, -0.05) is 13.0 Å². The maximum absolute atomic E-state index is 4.70. The van der Waals surface area contributed by atoms with Crippen LogP contribution in [0.3, 0.4) is 0 Å². The summed E-state index contributed by atoms with van der Waals surface area (Å²) in [6.07, 6.45) is 6.89. The highest BCUT2D eigenvalue weighted by atomic mass is 79.9. The lowest BCUT2D eigenvalue weighted by molar-refractivity contribution is 0.242. The highest BCUT2D eigenvalue weighted by molar-refractivity contribution is 9.10. The van der Waals surface area contributed by atoms with Crippen molar-refractivity contribution >= 4 is 15.9 Å². The van der Waals surface area contributed by atoms with Crippen LogP contribution in [-0.2, 0) is 25.9 Å². The maximum atomic E-state index is 4.70. The summed E-state index contributed by atoms with van der Waals surface area (Å²) in [6, 6.07) is 4.10. The fourth-order valence-corrected chi connectivity index (χ4v) is 3.05. The van der Waals surface area contributed by atoms with Gasteiger partial charge in [-0.25, -0.2) is 15.0 Å². The Morgan fingerprint density at radius 3 is 3.05 bits per heavy atom. The van der Waals surface area contributed by atoms with Crippen molar-refractivity contribution in [1.82, 2.24) is 19.9 Å². The number of rotatable bonds is 4. The summed E-state index contributed by atoms with van der Waals surface area (Å²) in [5.41, 5.74) is 3.72. The monoisotopic (exact) mass is 346 g/mol. The van der Waals surface area contributed by atoms with Crippen LogP contribution in [0.15, 0.2) is 29.1 Å². The van der Waals surface area contributed by atoms with Crippen LogP contribution in [0, 0.1) is 0 Å². The molecule has 3 heterocycles. The van der Waals surface area contributed by atoms with Crippen molar-refractivity contribution in [2.45, 2.75) is 39.3 Å². The Morgan fingerprint density at radius 1 is 1.33 bits per heavy atom. The van der Waals surface area contributed by atoms with Crippen molar-refractivity contribution in [2.24, 2.45) is 0 Å².